The van der Waals surface area contributed by atoms with Crippen LogP contribution in [0.15, 0.2) is 12.7 Å². The van der Waals surface area contributed by atoms with Gasteiger partial charge in [-0.2, -0.15) is 0 Å². The van der Waals surface area contributed by atoms with Gasteiger partial charge in [-0.15, -0.1) is 0 Å². The summed E-state index contributed by atoms with van der Waals surface area (Å²) in [6, 6.07) is 0.917. The van der Waals surface area contributed by atoms with Gasteiger partial charge < -0.3 is 10.2 Å². The summed E-state index contributed by atoms with van der Waals surface area (Å²) in [6.45, 7) is 3.80. The number of carbonyl (C=O) groups excluding carboxylic acids is 2. The molecule has 0 saturated carbocycles. The summed E-state index contributed by atoms with van der Waals surface area (Å²) in [7, 11) is 0. The Morgan fingerprint density at radius 3 is 2.22 bits per heavy atom. The molecule has 4 nitrogen and oxygen atoms in total. The van der Waals surface area contributed by atoms with E-state index in [9.17, 15) is 9.59 Å². The Labute approximate surface area is 108 Å². The van der Waals surface area contributed by atoms with E-state index in [1.54, 1.807) is 0 Å². The number of piperidine rings is 2. The average Bonchev–Trinajstić information content (AvgIpc) is 2.37. The zero-order valence-corrected chi connectivity index (χ0v) is 10.9. The number of carbonyl (C=O) groups is 2. The molecule has 0 atom stereocenters. The molecule has 100 valence electrons. The third-order valence-electron chi connectivity index (χ3n) is 4.05. The van der Waals surface area contributed by atoms with Crippen LogP contribution in [0.2, 0.25) is 0 Å². The van der Waals surface area contributed by atoms with Crippen molar-refractivity contribution in [3.63, 3.8) is 0 Å². The highest BCUT2D eigenvalue weighted by atomic mass is 16.2. The van der Waals surface area contributed by atoms with Gasteiger partial charge in [-0.05, 0) is 44.6 Å². The molecule has 0 aliphatic carbocycles. The third-order valence-corrected chi connectivity index (χ3v) is 4.05. The summed E-state index contributed by atoms with van der Waals surface area (Å²) in [4.78, 5) is 25.3. The number of nitrogens with zero attached hydrogens (tertiary/aromatic N) is 1. The van der Waals surface area contributed by atoms with Crippen molar-refractivity contribution in [3.05, 3.63) is 12.7 Å². The Morgan fingerprint density at radius 2 is 1.72 bits per heavy atom. The Morgan fingerprint density at radius 1 is 1.17 bits per heavy atom. The van der Waals surface area contributed by atoms with Crippen molar-refractivity contribution >= 4 is 11.8 Å². The number of hydrogen-bond donors (Lipinski definition) is 1. The van der Waals surface area contributed by atoms with E-state index in [0.29, 0.717) is 25.0 Å². The minimum absolute atomic E-state index is 0.203. The second kappa shape index (κ2) is 6.03. The normalized spacial score (nSPS) is 26.6. The van der Waals surface area contributed by atoms with Crippen LogP contribution >= 0.6 is 0 Å². The van der Waals surface area contributed by atoms with Crippen LogP contribution in [0.25, 0.3) is 0 Å². The highest BCUT2D eigenvalue weighted by molar-refractivity contribution is 5.87. The zero-order chi connectivity index (χ0) is 13.0. The maximum absolute atomic E-state index is 12.2. The summed E-state index contributed by atoms with van der Waals surface area (Å²) in [5.41, 5.74) is 0. The predicted molar refractivity (Wildman–Crippen MR) is 69.9 cm³/mol. The lowest BCUT2D eigenvalue weighted by Crippen LogP contribution is -2.53. The number of amides is 2. The van der Waals surface area contributed by atoms with Crippen molar-refractivity contribution in [2.45, 2.75) is 57.0 Å². The van der Waals surface area contributed by atoms with Crippen LogP contribution in [-0.4, -0.2) is 35.3 Å². The number of nitrogens with one attached hydrogen (secondary N) is 1. The molecule has 4 heteroatoms. The molecule has 2 saturated heterocycles. The van der Waals surface area contributed by atoms with Crippen molar-refractivity contribution in [1.29, 1.82) is 0 Å². The SMILES string of the molecule is C=CC(=O)NCCC(=O)N1C2CCCC1CCC2. The summed E-state index contributed by atoms with van der Waals surface area (Å²) < 4.78 is 0. The molecule has 0 unspecified atom stereocenters. The minimum Gasteiger partial charge on any atom is -0.352 e. The van der Waals surface area contributed by atoms with E-state index in [2.05, 4.69) is 16.8 Å². The van der Waals surface area contributed by atoms with Gasteiger partial charge in [-0.3, -0.25) is 9.59 Å². The fourth-order valence-electron chi connectivity index (χ4n) is 3.22. The van der Waals surface area contributed by atoms with Gasteiger partial charge in [-0.25, -0.2) is 0 Å². The predicted octanol–water partition coefficient (Wildman–Crippen LogP) is 1.61. The van der Waals surface area contributed by atoms with Crippen molar-refractivity contribution in [2.24, 2.45) is 0 Å². The van der Waals surface area contributed by atoms with Crippen LogP contribution in [0.3, 0.4) is 0 Å². The molecular weight excluding hydrogens is 228 g/mol. The average molecular weight is 250 g/mol. The lowest BCUT2D eigenvalue weighted by atomic mass is 9.84. The summed E-state index contributed by atoms with van der Waals surface area (Å²) >= 11 is 0. The molecule has 18 heavy (non-hydrogen) atoms. The van der Waals surface area contributed by atoms with E-state index in [4.69, 9.17) is 0 Å². The largest absolute Gasteiger partial charge is 0.352 e. The van der Waals surface area contributed by atoms with E-state index in [1.807, 2.05) is 0 Å². The van der Waals surface area contributed by atoms with Crippen LogP contribution in [0, 0.1) is 0 Å². The first-order chi connectivity index (χ1) is 8.72. The van der Waals surface area contributed by atoms with Gasteiger partial charge in [0, 0.05) is 25.0 Å². The second-order valence-corrected chi connectivity index (χ2v) is 5.22. The summed E-state index contributed by atoms with van der Waals surface area (Å²) in [5, 5.41) is 2.66. The lowest BCUT2D eigenvalue weighted by Gasteiger charge is -2.46. The fraction of sp³-hybridized carbons (Fsp3) is 0.714. The molecule has 2 rings (SSSR count). The molecule has 1 N–H and O–H groups in total. The molecule has 2 fully saturated rings. The third kappa shape index (κ3) is 2.92. The van der Waals surface area contributed by atoms with Crippen LogP contribution in [0.4, 0.5) is 0 Å². The van der Waals surface area contributed by atoms with Crippen LogP contribution in [0.5, 0.6) is 0 Å². The molecule has 0 spiro atoms. The van der Waals surface area contributed by atoms with E-state index >= 15 is 0 Å². The molecule has 2 aliphatic heterocycles. The standard InChI is InChI=1S/C14H22N2O2/c1-2-13(17)15-10-9-14(18)16-11-5-3-6-12(16)8-4-7-11/h2,11-12H,1,3-10H2,(H,15,17). The van der Waals surface area contributed by atoms with Crippen LogP contribution in [-0.2, 0) is 9.59 Å². The summed E-state index contributed by atoms with van der Waals surface area (Å²) in [6.07, 6.45) is 8.77. The second-order valence-electron chi connectivity index (χ2n) is 5.22. The monoisotopic (exact) mass is 250 g/mol. The van der Waals surface area contributed by atoms with Crippen molar-refractivity contribution in [3.8, 4) is 0 Å². The smallest absolute Gasteiger partial charge is 0.243 e. The van der Waals surface area contributed by atoms with Crippen LogP contribution < -0.4 is 5.32 Å². The quantitative estimate of drug-likeness (QED) is 0.771. The minimum atomic E-state index is -0.207. The van der Waals surface area contributed by atoms with E-state index in [1.165, 1.54) is 18.9 Å². The maximum Gasteiger partial charge on any atom is 0.243 e. The van der Waals surface area contributed by atoms with Crippen molar-refractivity contribution < 1.29 is 9.59 Å². The maximum atomic E-state index is 12.2. The van der Waals surface area contributed by atoms with Crippen molar-refractivity contribution in [1.82, 2.24) is 10.2 Å². The first-order valence-electron chi connectivity index (χ1n) is 6.94. The van der Waals surface area contributed by atoms with Gasteiger partial charge in [-0.1, -0.05) is 6.58 Å². The van der Waals surface area contributed by atoms with Gasteiger partial charge in [0.2, 0.25) is 11.8 Å². The molecule has 2 amide bonds. The molecule has 0 aromatic carbocycles. The van der Waals surface area contributed by atoms with Gasteiger partial charge in [0.1, 0.15) is 0 Å². The van der Waals surface area contributed by atoms with E-state index < -0.39 is 0 Å². The van der Waals surface area contributed by atoms with E-state index in [0.717, 1.165) is 25.7 Å². The summed E-state index contributed by atoms with van der Waals surface area (Å²) in [5.74, 6) is -0.00426. The van der Waals surface area contributed by atoms with Gasteiger partial charge in [0.25, 0.3) is 0 Å². The number of hydrogen-bond acceptors (Lipinski definition) is 2. The van der Waals surface area contributed by atoms with Gasteiger partial charge >= 0.3 is 0 Å². The van der Waals surface area contributed by atoms with Gasteiger partial charge in [0.15, 0.2) is 0 Å². The first-order valence-corrected chi connectivity index (χ1v) is 6.94. The highest BCUT2D eigenvalue weighted by Crippen LogP contribution is 2.34. The zero-order valence-electron chi connectivity index (χ0n) is 10.9. The number of fused-ring (bicyclic) bond motifs is 2. The van der Waals surface area contributed by atoms with E-state index in [-0.39, 0.29) is 11.8 Å². The molecule has 0 aromatic heterocycles. The van der Waals surface area contributed by atoms with Crippen LogP contribution in [0.1, 0.15) is 44.9 Å². The molecule has 2 bridgehead atoms. The molecule has 0 aromatic rings. The highest BCUT2D eigenvalue weighted by Gasteiger charge is 2.36. The number of rotatable bonds is 4. The lowest BCUT2D eigenvalue weighted by molar-refractivity contribution is -0.140. The fourth-order valence-corrected chi connectivity index (χ4v) is 3.22. The molecule has 0 radical (unpaired) electrons. The van der Waals surface area contributed by atoms with Crippen molar-refractivity contribution in [2.75, 3.05) is 6.54 Å². The Balaban J connectivity index is 1.84. The first kappa shape index (κ1) is 13.1. The van der Waals surface area contributed by atoms with Gasteiger partial charge in [0.05, 0.1) is 0 Å². The Bertz CT molecular complexity index is 319. The Kier molecular flexibility index (Phi) is 4.39. The Hall–Kier alpha value is -1.32. The molecule has 2 aliphatic rings. The molecular formula is C14H22N2O2. The molecule has 2 heterocycles. The topological polar surface area (TPSA) is 49.4 Å².